The van der Waals surface area contributed by atoms with Gasteiger partial charge in [0.15, 0.2) is 0 Å². The van der Waals surface area contributed by atoms with Crippen molar-refractivity contribution in [3.8, 4) is 11.1 Å². The van der Waals surface area contributed by atoms with E-state index < -0.39 is 42.6 Å². The Morgan fingerprint density at radius 1 is 0.848 bits per heavy atom. The Kier molecular flexibility index (Phi) is 10.7. The number of carbonyl (C=O) groups is 4. The normalized spacial score (nSPS) is 16.7. The molecule has 5 rings (SSSR count). The van der Waals surface area contributed by atoms with Crippen molar-refractivity contribution in [3.05, 3.63) is 95.6 Å². The van der Waals surface area contributed by atoms with Crippen molar-refractivity contribution in [1.29, 1.82) is 0 Å². The first-order valence-corrected chi connectivity index (χ1v) is 15.9. The summed E-state index contributed by atoms with van der Waals surface area (Å²) in [6, 6.07) is 22.5. The van der Waals surface area contributed by atoms with E-state index in [1.807, 2.05) is 80.6 Å². The number of hydrogen-bond donors (Lipinski definition) is 4. The molecule has 10 nitrogen and oxygen atoms in total. The summed E-state index contributed by atoms with van der Waals surface area (Å²) in [6.45, 7) is 3.97. The van der Waals surface area contributed by atoms with Gasteiger partial charge in [-0.2, -0.15) is 0 Å². The molecular formula is C36H42N4O6. The highest BCUT2D eigenvalue weighted by atomic mass is 16.6. The summed E-state index contributed by atoms with van der Waals surface area (Å²) in [4.78, 5) is 54.2. The van der Waals surface area contributed by atoms with Crippen molar-refractivity contribution < 1.29 is 29.0 Å². The molecule has 0 bridgehead atoms. The number of nitrogens with zero attached hydrogens (tertiary/aromatic N) is 1. The van der Waals surface area contributed by atoms with E-state index >= 15 is 0 Å². The maximum atomic E-state index is 13.3. The van der Waals surface area contributed by atoms with Gasteiger partial charge in [-0.05, 0) is 53.0 Å². The smallest absolute Gasteiger partial charge is 0.410 e. The number of likely N-dealkylation sites (tertiary alicyclic amines) is 1. The minimum absolute atomic E-state index is 0.0965. The zero-order valence-electron chi connectivity index (χ0n) is 26.3. The van der Waals surface area contributed by atoms with Gasteiger partial charge in [0.2, 0.25) is 17.7 Å². The standard InChI is InChI=1S/C36H42N4O6/c1-23(2)19-30(33(42)37-20-24-11-4-3-5-12-24)38-34(43)31(21-41)39-35(44)32-17-10-18-40(32)36(45)46-22-29-27-15-8-6-13-25(27)26-14-7-9-16-28(26)29/h3-9,11-16,23,29-32,41H,10,17-22H2,1-2H3,(H,37,42)(H,38,43)(H,39,44)/t30-,31-,32-/m0/s1. The molecule has 2 aliphatic rings. The molecule has 10 heteroatoms. The van der Waals surface area contributed by atoms with E-state index in [0.29, 0.717) is 32.4 Å². The Balaban J connectivity index is 1.17. The van der Waals surface area contributed by atoms with Gasteiger partial charge in [0.1, 0.15) is 24.7 Å². The summed E-state index contributed by atoms with van der Waals surface area (Å²) in [5.41, 5.74) is 5.34. The van der Waals surface area contributed by atoms with E-state index in [1.165, 1.54) is 4.90 Å². The molecular weight excluding hydrogens is 584 g/mol. The molecule has 0 radical (unpaired) electrons. The fourth-order valence-electron chi connectivity index (χ4n) is 6.28. The quantitative estimate of drug-likeness (QED) is 0.242. The van der Waals surface area contributed by atoms with Gasteiger partial charge in [-0.3, -0.25) is 19.3 Å². The van der Waals surface area contributed by atoms with Gasteiger partial charge < -0.3 is 25.8 Å². The van der Waals surface area contributed by atoms with Crippen molar-refractivity contribution in [2.75, 3.05) is 19.8 Å². The summed E-state index contributed by atoms with van der Waals surface area (Å²) in [7, 11) is 0. The molecule has 4 amide bonds. The Hall–Kier alpha value is -4.70. The second kappa shape index (κ2) is 15.1. The number of rotatable bonds is 12. The molecule has 3 aromatic carbocycles. The van der Waals surface area contributed by atoms with Crippen LogP contribution in [0, 0.1) is 5.92 Å². The van der Waals surface area contributed by atoms with Crippen LogP contribution in [0.5, 0.6) is 0 Å². The van der Waals surface area contributed by atoms with Gasteiger partial charge in [-0.15, -0.1) is 0 Å². The molecule has 1 saturated heterocycles. The van der Waals surface area contributed by atoms with Gasteiger partial charge in [-0.1, -0.05) is 92.7 Å². The molecule has 0 aromatic heterocycles. The van der Waals surface area contributed by atoms with E-state index in [0.717, 1.165) is 27.8 Å². The van der Waals surface area contributed by atoms with Gasteiger partial charge in [-0.25, -0.2) is 4.79 Å². The maximum Gasteiger partial charge on any atom is 0.410 e. The van der Waals surface area contributed by atoms with E-state index in [-0.39, 0.29) is 24.3 Å². The zero-order chi connectivity index (χ0) is 32.6. The topological polar surface area (TPSA) is 137 Å². The molecule has 242 valence electrons. The number of aliphatic hydroxyl groups excluding tert-OH is 1. The minimum Gasteiger partial charge on any atom is -0.448 e. The van der Waals surface area contributed by atoms with Crippen LogP contribution >= 0.6 is 0 Å². The van der Waals surface area contributed by atoms with Crippen LogP contribution in [0.3, 0.4) is 0 Å². The van der Waals surface area contributed by atoms with E-state index in [1.54, 1.807) is 0 Å². The van der Waals surface area contributed by atoms with Gasteiger partial charge in [0, 0.05) is 19.0 Å². The average molecular weight is 627 g/mol. The van der Waals surface area contributed by atoms with Crippen LogP contribution in [-0.2, 0) is 25.7 Å². The van der Waals surface area contributed by atoms with Gasteiger partial charge in [0.25, 0.3) is 0 Å². The summed E-state index contributed by atoms with van der Waals surface area (Å²) >= 11 is 0. The molecule has 4 N–H and O–H groups in total. The molecule has 3 atom stereocenters. The molecule has 1 fully saturated rings. The summed E-state index contributed by atoms with van der Waals surface area (Å²) < 4.78 is 5.79. The fourth-order valence-corrected chi connectivity index (χ4v) is 6.28. The third-order valence-electron chi connectivity index (χ3n) is 8.59. The zero-order valence-corrected chi connectivity index (χ0v) is 26.3. The number of nitrogens with one attached hydrogen (secondary N) is 3. The summed E-state index contributed by atoms with van der Waals surface area (Å²) in [5.74, 6) is -1.61. The lowest BCUT2D eigenvalue weighted by atomic mass is 9.98. The largest absolute Gasteiger partial charge is 0.448 e. The summed E-state index contributed by atoms with van der Waals surface area (Å²) in [6.07, 6.45) is 0.761. The van der Waals surface area contributed by atoms with Gasteiger partial charge >= 0.3 is 6.09 Å². The predicted molar refractivity (Wildman–Crippen MR) is 173 cm³/mol. The van der Waals surface area contributed by atoms with Crippen LogP contribution in [0.15, 0.2) is 78.9 Å². The molecule has 0 spiro atoms. The Bertz CT molecular complexity index is 1500. The first kappa shape index (κ1) is 32.7. The monoisotopic (exact) mass is 626 g/mol. The van der Waals surface area contributed by atoms with Crippen molar-refractivity contribution in [2.24, 2.45) is 5.92 Å². The highest BCUT2D eigenvalue weighted by Gasteiger charge is 2.38. The minimum atomic E-state index is -1.30. The number of ether oxygens (including phenoxy) is 1. The highest BCUT2D eigenvalue weighted by Crippen LogP contribution is 2.44. The third-order valence-corrected chi connectivity index (χ3v) is 8.59. The molecule has 0 saturated carbocycles. The number of amides is 4. The van der Waals surface area contributed by atoms with E-state index in [4.69, 9.17) is 4.74 Å². The third kappa shape index (κ3) is 7.56. The van der Waals surface area contributed by atoms with Crippen molar-refractivity contribution >= 4 is 23.8 Å². The maximum absolute atomic E-state index is 13.3. The van der Waals surface area contributed by atoms with Crippen LogP contribution in [0.1, 0.15) is 55.7 Å². The van der Waals surface area contributed by atoms with Crippen molar-refractivity contribution in [2.45, 2.75) is 63.7 Å². The SMILES string of the molecule is CC(C)C[C@H](NC(=O)[C@H](CO)NC(=O)[C@@H]1CCCN1C(=O)OCC1c2ccccc2-c2ccccc21)C(=O)NCc1ccccc1. The van der Waals surface area contributed by atoms with Gasteiger partial charge in [0.05, 0.1) is 6.61 Å². The molecule has 1 aliphatic carbocycles. The lowest BCUT2D eigenvalue weighted by Crippen LogP contribution is -2.57. The Morgan fingerprint density at radius 2 is 1.48 bits per heavy atom. The molecule has 1 aliphatic heterocycles. The van der Waals surface area contributed by atoms with Crippen molar-refractivity contribution in [3.63, 3.8) is 0 Å². The molecule has 1 heterocycles. The molecule has 3 aromatic rings. The van der Waals surface area contributed by atoms with Crippen LogP contribution < -0.4 is 16.0 Å². The number of fused-ring (bicyclic) bond motifs is 3. The lowest BCUT2D eigenvalue weighted by molar-refractivity contribution is -0.134. The highest BCUT2D eigenvalue weighted by molar-refractivity contribution is 5.94. The van der Waals surface area contributed by atoms with Crippen LogP contribution in [0.2, 0.25) is 0 Å². The molecule has 46 heavy (non-hydrogen) atoms. The van der Waals surface area contributed by atoms with E-state index in [9.17, 15) is 24.3 Å². The van der Waals surface area contributed by atoms with Crippen molar-refractivity contribution in [1.82, 2.24) is 20.9 Å². The van der Waals surface area contributed by atoms with Crippen LogP contribution in [-0.4, -0.2) is 71.7 Å². The van der Waals surface area contributed by atoms with E-state index in [2.05, 4.69) is 28.1 Å². The average Bonchev–Trinajstić information content (AvgIpc) is 3.68. The number of benzene rings is 3. The first-order valence-electron chi connectivity index (χ1n) is 15.9. The van der Waals surface area contributed by atoms with Crippen LogP contribution in [0.4, 0.5) is 4.79 Å². The Morgan fingerprint density at radius 3 is 2.11 bits per heavy atom. The number of hydrogen-bond acceptors (Lipinski definition) is 6. The Labute approximate surface area is 269 Å². The predicted octanol–water partition coefficient (Wildman–Crippen LogP) is 3.72. The second-order valence-corrected chi connectivity index (χ2v) is 12.3. The number of aliphatic hydroxyl groups is 1. The second-order valence-electron chi connectivity index (χ2n) is 12.3. The first-order chi connectivity index (χ1) is 22.3. The fraction of sp³-hybridized carbons (Fsp3) is 0.389. The molecule has 0 unspecified atom stereocenters. The van der Waals surface area contributed by atoms with Crippen LogP contribution in [0.25, 0.3) is 11.1 Å². The summed E-state index contributed by atoms with van der Waals surface area (Å²) in [5, 5.41) is 18.2. The number of carbonyl (C=O) groups excluding carboxylic acids is 4. The lowest BCUT2D eigenvalue weighted by Gasteiger charge is -2.27.